The van der Waals surface area contributed by atoms with Crippen LogP contribution in [0.1, 0.15) is 0 Å². The van der Waals surface area contributed by atoms with Crippen molar-refractivity contribution < 1.29 is 4.92 Å². The monoisotopic (exact) mass is 256 g/mol. The van der Waals surface area contributed by atoms with E-state index in [9.17, 15) is 10.1 Å². The van der Waals surface area contributed by atoms with Crippen LogP contribution in [0.25, 0.3) is 11.4 Å². The quantitative estimate of drug-likeness (QED) is 0.521. The fraction of sp³-hybridized carbons (Fsp3) is 0. The molecule has 0 N–H and O–H groups in total. The molecule has 0 aliphatic rings. The number of nitro benzene ring substituents is 1. The molecule has 8 nitrogen and oxygen atoms in total. The summed E-state index contributed by atoms with van der Waals surface area (Å²) in [7, 11) is 0. The van der Waals surface area contributed by atoms with Crippen molar-refractivity contribution in [3.63, 3.8) is 0 Å². The summed E-state index contributed by atoms with van der Waals surface area (Å²) < 4.78 is 3.05. The smallest absolute Gasteiger partial charge is 0.295 e. The molecule has 8 heteroatoms. The van der Waals surface area contributed by atoms with E-state index in [1.807, 2.05) is 0 Å². The van der Waals surface area contributed by atoms with Gasteiger partial charge in [-0.15, -0.1) is 5.10 Å². The van der Waals surface area contributed by atoms with Crippen LogP contribution in [-0.2, 0) is 0 Å². The van der Waals surface area contributed by atoms with Crippen LogP contribution in [-0.4, -0.2) is 29.7 Å². The molecule has 2 aromatic heterocycles. The van der Waals surface area contributed by atoms with Gasteiger partial charge in [0.1, 0.15) is 12.0 Å². The van der Waals surface area contributed by atoms with Crippen LogP contribution >= 0.6 is 0 Å². The molecule has 2 heterocycles. The normalized spacial score (nSPS) is 10.5. The number of nitrogens with zero attached hydrogens (tertiary/aromatic N) is 6. The molecule has 3 rings (SSSR count). The van der Waals surface area contributed by atoms with Gasteiger partial charge in [0.15, 0.2) is 0 Å². The number of hydrogen-bond acceptors (Lipinski definition) is 5. The molecule has 0 unspecified atom stereocenters. The number of aromatic nitrogens is 5. The van der Waals surface area contributed by atoms with E-state index in [0.717, 1.165) is 0 Å². The van der Waals surface area contributed by atoms with Crippen LogP contribution in [0.5, 0.6) is 0 Å². The van der Waals surface area contributed by atoms with E-state index >= 15 is 0 Å². The van der Waals surface area contributed by atoms with Crippen molar-refractivity contribution in [1.29, 1.82) is 0 Å². The van der Waals surface area contributed by atoms with Gasteiger partial charge in [0.2, 0.25) is 0 Å². The molecule has 0 atom stereocenters. The molecule has 0 amide bonds. The van der Waals surface area contributed by atoms with Gasteiger partial charge >= 0.3 is 0 Å². The Morgan fingerprint density at radius 2 is 2.00 bits per heavy atom. The highest BCUT2D eigenvalue weighted by atomic mass is 16.6. The zero-order valence-corrected chi connectivity index (χ0v) is 9.62. The van der Waals surface area contributed by atoms with Crippen LogP contribution in [0.2, 0.25) is 0 Å². The summed E-state index contributed by atoms with van der Waals surface area (Å²) in [4.78, 5) is 10.7. The first kappa shape index (κ1) is 11.1. The van der Waals surface area contributed by atoms with Gasteiger partial charge in [-0.2, -0.15) is 0 Å². The van der Waals surface area contributed by atoms with Crippen molar-refractivity contribution in [2.45, 2.75) is 0 Å². The molecule has 0 aliphatic heterocycles. The van der Waals surface area contributed by atoms with Crippen molar-refractivity contribution in [3.8, 4) is 11.4 Å². The Balaban J connectivity index is 2.15. The lowest BCUT2D eigenvalue weighted by molar-refractivity contribution is -0.384. The maximum atomic E-state index is 11.2. The number of benzene rings is 1. The summed E-state index contributed by atoms with van der Waals surface area (Å²) in [6.45, 7) is 0. The van der Waals surface area contributed by atoms with Gasteiger partial charge in [-0.1, -0.05) is 0 Å². The van der Waals surface area contributed by atoms with Crippen LogP contribution in [0.15, 0.2) is 49.1 Å². The Labute approximate surface area is 107 Å². The summed E-state index contributed by atoms with van der Waals surface area (Å²) >= 11 is 0. The lowest BCUT2D eigenvalue weighted by atomic mass is 10.2. The van der Waals surface area contributed by atoms with E-state index in [1.54, 1.807) is 41.2 Å². The zero-order chi connectivity index (χ0) is 13.2. The van der Waals surface area contributed by atoms with Crippen molar-refractivity contribution in [3.05, 3.63) is 59.2 Å². The van der Waals surface area contributed by atoms with Crippen molar-refractivity contribution in [1.82, 2.24) is 24.8 Å². The van der Waals surface area contributed by atoms with Gasteiger partial charge in [0, 0.05) is 18.5 Å². The molecular weight excluding hydrogens is 248 g/mol. The molecule has 19 heavy (non-hydrogen) atoms. The Hall–Kier alpha value is -3.03. The summed E-state index contributed by atoms with van der Waals surface area (Å²) in [5.74, 6) is 0. The van der Waals surface area contributed by atoms with E-state index < -0.39 is 4.92 Å². The summed E-state index contributed by atoms with van der Waals surface area (Å²) in [6, 6.07) is 8.43. The number of nitro groups is 1. The summed E-state index contributed by atoms with van der Waals surface area (Å²) in [5.41, 5.74) is 1.02. The van der Waals surface area contributed by atoms with Crippen molar-refractivity contribution in [2.24, 2.45) is 0 Å². The molecule has 0 spiro atoms. The maximum absolute atomic E-state index is 11.2. The Bertz CT molecular complexity index is 705. The SMILES string of the molecule is O=[N+]([O-])c1cc(-n2cnnn2)ccc1-n1cccc1. The van der Waals surface area contributed by atoms with Gasteiger partial charge < -0.3 is 4.57 Å². The minimum Gasteiger partial charge on any atom is -0.318 e. The average Bonchev–Trinajstić information content (AvgIpc) is 3.11. The first-order chi connectivity index (χ1) is 9.25. The second kappa shape index (κ2) is 4.33. The van der Waals surface area contributed by atoms with Crippen molar-refractivity contribution >= 4 is 5.69 Å². The van der Waals surface area contributed by atoms with Gasteiger partial charge in [0.25, 0.3) is 5.69 Å². The summed E-state index contributed by atoms with van der Waals surface area (Å²) in [5, 5.41) is 21.9. The van der Waals surface area contributed by atoms with Gasteiger partial charge in [-0.05, 0) is 34.7 Å². The highest BCUT2D eigenvalue weighted by molar-refractivity contribution is 5.57. The van der Waals surface area contributed by atoms with Crippen LogP contribution in [0, 0.1) is 10.1 Å². The topological polar surface area (TPSA) is 91.7 Å². The minimum atomic E-state index is -0.427. The van der Waals surface area contributed by atoms with Crippen LogP contribution in [0.3, 0.4) is 0 Å². The lowest BCUT2D eigenvalue weighted by Gasteiger charge is -2.06. The molecule has 0 aliphatic carbocycles. The molecule has 1 aromatic carbocycles. The molecule has 0 saturated carbocycles. The van der Waals surface area contributed by atoms with E-state index in [0.29, 0.717) is 11.4 Å². The molecule has 94 valence electrons. The molecule has 0 radical (unpaired) electrons. The highest BCUT2D eigenvalue weighted by Gasteiger charge is 2.16. The van der Waals surface area contributed by atoms with Gasteiger partial charge in [-0.25, -0.2) is 4.68 Å². The number of hydrogen-bond donors (Lipinski definition) is 0. The minimum absolute atomic E-state index is 0.01000. The second-order valence-electron chi connectivity index (χ2n) is 3.77. The Morgan fingerprint density at radius 3 is 2.63 bits per heavy atom. The van der Waals surface area contributed by atoms with Crippen molar-refractivity contribution in [2.75, 3.05) is 0 Å². The lowest BCUT2D eigenvalue weighted by Crippen LogP contribution is -2.01. The molecule has 0 bridgehead atoms. The predicted octanol–water partition coefficient (Wildman–Crippen LogP) is 1.36. The maximum Gasteiger partial charge on any atom is 0.295 e. The molecule has 3 aromatic rings. The molecule has 0 saturated heterocycles. The number of tetrazole rings is 1. The average molecular weight is 256 g/mol. The molecule has 0 fully saturated rings. The third kappa shape index (κ3) is 1.95. The van der Waals surface area contributed by atoms with Crippen LogP contribution < -0.4 is 0 Å². The second-order valence-corrected chi connectivity index (χ2v) is 3.77. The Morgan fingerprint density at radius 1 is 1.21 bits per heavy atom. The van der Waals surface area contributed by atoms with Gasteiger partial charge in [-0.3, -0.25) is 10.1 Å². The Kier molecular flexibility index (Phi) is 2.53. The van der Waals surface area contributed by atoms with Gasteiger partial charge in [0.05, 0.1) is 10.6 Å². The standard InChI is InChI=1S/C11H8N6O2/c18-17(19)11-7-9(16-8-12-13-14-16)3-4-10(11)15-5-1-2-6-15/h1-8H. The third-order valence-corrected chi connectivity index (χ3v) is 2.65. The first-order valence-corrected chi connectivity index (χ1v) is 5.41. The van der Waals surface area contributed by atoms with E-state index in [2.05, 4.69) is 15.5 Å². The summed E-state index contributed by atoms with van der Waals surface area (Å²) in [6.07, 6.45) is 4.88. The molecular formula is C11H8N6O2. The highest BCUT2D eigenvalue weighted by Crippen LogP contribution is 2.25. The fourth-order valence-electron chi connectivity index (χ4n) is 1.79. The van der Waals surface area contributed by atoms with E-state index in [-0.39, 0.29) is 5.69 Å². The third-order valence-electron chi connectivity index (χ3n) is 2.65. The van der Waals surface area contributed by atoms with Crippen LogP contribution in [0.4, 0.5) is 5.69 Å². The number of rotatable bonds is 3. The largest absolute Gasteiger partial charge is 0.318 e. The van der Waals surface area contributed by atoms with E-state index in [4.69, 9.17) is 0 Å². The van der Waals surface area contributed by atoms with E-state index in [1.165, 1.54) is 17.1 Å². The zero-order valence-electron chi connectivity index (χ0n) is 9.62. The first-order valence-electron chi connectivity index (χ1n) is 5.41. The predicted molar refractivity (Wildman–Crippen MR) is 65.1 cm³/mol. The fourth-order valence-corrected chi connectivity index (χ4v) is 1.79.